The molecule has 6 aromatic carbocycles. The molecule has 1 aromatic heterocycles. The Morgan fingerprint density at radius 1 is 0.674 bits per heavy atom. The summed E-state index contributed by atoms with van der Waals surface area (Å²) in [5.41, 5.74) is 10.9. The minimum Gasteiger partial charge on any atom is -0.293 e. The van der Waals surface area contributed by atoms with Gasteiger partial charge in [0.2, 0.25) is 0 Å². The molecule has 3 nitrogen and oxygen atoms in total. The van der Waals surface area contributed by atoms with Gasteiger partial charge in [0.15, 0.2) is 5.82 Å². The third-order valence-corrected chi connectivity index (χ3v) is 12.0. The van der Waals surface area contributed by atoms with Gasteiger partial charge in [-0.2, -0.15) is 4.36 Å². The SMILES string of the molecule is O=S1(c2ccccc2)=Nc2c(c3ccccc3n2-c2ccc3c(c2)-c2ccccc2CC3CCc2ccccc2)-c2ccccc21. The Morgan fingerprint density at radius 3 is 2.22 bits per heavy atom. The van der Waals surface area contributed by atoms with E-state index in [1.807, 2.05) is 48.5 Å². The van der Waals surface area contributed by atoms with Gasteiger partial charge in [0, 0.05) is 22.2 Å². The van der Waals surface area contributed by atoms with Crippen LogP contribution in [0.4, 0.5) is 5.82 Å². The smallest absolute Gasteiger partial charge is 0.156 e. The topological polar surface area (TPSA) is 34.4 Å². The molecule has 0 radical (unpaired) electrons. The van der Waals surface area contributed by atoms with Crippen molar-refractivity contribution in [2.75, 3.05) is 0 Å². The van der Waals surface area contributed by atoms with Gasteiger partial charge in [-0.05, 0) is 89.4 Å². The van der Waals surface area contributed by atoms with Crippen molar-refractivity contribution in [3.63, 3.8) is 0 Å². The van der Waals surface area contributed by atoms with Crippen LogP contribution < -0.4 is 0 Å². The number of aromatic nitrogens is 1. The highest BCUT2D eigenvalue weighted by atomic mass is 32.2. The van der Waals surface area contributed by atoms with Crippen molar-refractivity contribution in [3.05, 3.63) is 168 Å². The number of rotatable bonds is 5. The quantitative estimate of drug-likeness (QED) is 0.190. The number of nitrogens with zero attached hydrogens (tertiary/aromatic N) is 2. The van der Waals surface area contributed by atoms with Crippen molar-refractivity contribution in [2.24, 2.45) is 4.36 Å². The van der Waals surface area contributed by atoms with Crippen molar-refractivity contribution < 1.29 is 4.21 Å². The van der Waals surface area contributed by atoms with Crippen LogP contribution in [0, 0.1) is 0 Å². The van der Waals surface area contributed by atoms with E-state index in [0.29, 0.717) is 5.92 Å². The van der Waals surface area contributed by atoms with Crippen LogP contribution >= 0.6 is 0 Å². The summed E-state index contributed by atoms with van der Waals surface area (Å²) in [6.45, 7) is 0. The fraction of sp³-hybridized carbons (Fsp3) is 0.0952. The molecule has 46 heavy (non-hydrogen) atoms. The molecule has 0 fully saturated rings. The molecule has 1 aliphatic carbocycles. The molecule has 2 heterocycles. The second-order valence-corrected chi connectivity index (χ2v) is 14.5. The summed E-state index contributed by atoms with van der Waals surface area (Å²) in [5.74, 6) is 1.18. The lowest BCUT2D eigenvalue weighted by Crippen LogP contribution is -2.13. The first-order valence-electron chi connectivity index (χ1n) is 16.0. The molecular weight excluding hydrogens is 581 g/mol. The van der Waals surface area contributed by atoms with Gasteiger partial charge in [-0.25, -0.2) is 4.21 Å². The molecule has 2 aliphatic rings. The Labute approximate surface area is 270 Å². The number of hydrogen-bond acceptors (Lipinski definition) is 2. The van der Waals surface area contributed by atoms with E-state index in [2.05, 4.69) is 108 Å². The normalized spacial score (nSPS) is 17.8. The maximum Gasteiger partial charge on any atom is 0.156 e. The van der Waals surface area contributed by atoms with Crippen molar-refractivity contribution in [2.45, 2.75) is 35.0 Å². The molecular formula is C42H32N2OS. The summed E-state index contributed by atoms with van der Waals surface area (Å²) < 4.78 is 22.6. The third-order valence-electron chi connectivity index (χ3n) is 9.71. The molecule has 0 N–H and O–H groups in total. The minimum absolute atomic E-state index is 0.433. The van der Waals surface area contributed by atoms with Gasteiger partial charge < -0.3 is 0 Å². The summed E-state index contributed by atoms with van der Waals surface area (Å²) in [7, 11) is -2.92. The molecule has 0 bridgehead atoms. The van der Waals surface area contributed by atoms with Crippen molar-refractivity contribution in [1.82, 2.24) is 4.57 Å². The minimum atomic E-state index is -2.92. The summed E-state index contributed by atoms with van der Waals surface area (Å²) in [5, 5.41) is 1.11. The Balaban J connectivity index is 1.27. The zero-order valence-corrected chi connectivity index (χ0v) is 26.2. The van der Waals surface area contributed by atoms with Crippen LogP contribution in [0.25, 0.3) is 38.8 Å². The molecule has 0 saturated carbocycles. The van der Waals surface area contributed by atoms with E-state index in [1.54, 1.807) is 0 Å². The van der Waals surface area contributed by atoms with Crippen LogP contribution in [-0.2, 0) is 22.6 Å². The van der Waals surface area contributed by atoms with Crippen molar-refractivity contribution >= 4 is 26.4 Å². The van der Waals surface area contributed by atoms with Crippen LogP contribution in [-0.4, -0.2) is 8.78 Å². The number of fused-ring (bicyclic) bond motifs is 8. The maximum absolute atomic E-state index is 15.1. The molecule has 222 valence electrons. The maximum atomic E-state index is 15.1. The van der Waals surface area contributed by atoms with Gasteiger partial charge in [0.25, 0.3) is 0 Å². The zero-order chi connectivity index (χ0) is 30.7. The Bertz CT molecular complexity index is 2400. The Kier molecular flexibility index (Phi) is 6.32. The fourth-order valence-electron chi connectivity index (χ4n) is 7.56. The van der Waals surface area contributed by atoms with E-state index in [-0.39, 0.29) is 0 Å². The highest BCUT2D eigenvalue weighted by Gasteiger charge is 2.32. The van der Waals surface area contributed by atoms with E-state index in [0.717, 1.165) is 62.6 Å². The average molecular weight is 613 g/mol. The van der Waals surface area contributed by atoms with Gasteiger partial charge in [-0.1, -0.05) is 115 Å². The summed E-state index contributed by atoms with van der Waals surface area (Å²) >= 11 is 0. The van der Waals surface area contributed by atoms with Gasteiger partial charge in [-0.3, -0.25) is 4.57 Å². The second kappa shape index (κ2) is 10.7. The van der Waals surface area contributed by atoms with E-state index in [9.17, 15) is 0 Å². The molecule has 2 unspecified atom stereocenters. The monoisotopic (exact) mass is 612 g/mol. The van der Waals surface area contributed by atoms with Gasteiger partial charge in [0.1, 0.15) is 9.73 Å². The van der Waals surface area contributed by atoms with Crippen LogP contribution in [0.3, 0.4) is 0 Å². The number of hydrogen-bond donors (Lipinski definition) is 0. The summed E-state index contributed by atoms with van der Waals surface area (Å²) in [4.78, 5) is 1.50. The van der Waals surface area contributed by atoms with Crippen LogP contribution in [0.2, 0.25) is 0 Å². The van der Waals surface area contributed by atoms with Crippen LogP contribution in [0.5, 0.6) is 0 Å². The lowest BCUT2D eigenvalue weighted by Gasteiger charge is -2.29. The summed E-state index contributed by atoms with van der Waals surface area (Å²) in [6.07, 6.45) is 3.19. The number of para-hydroxylation sites is 1. The van der Waals surface area contributed by atoms with Gasteiger partial charge in [-0.15, -0.1) is 0 Å². The standard InChI is InChI=1S/C42H32N2OS/c45-46(33-16-5-2-6-17-33)40-22-12-10-20-37(40)41-36-19-9-11-21-39(36)44(42(41)43-46)32-25-26-35-31(24-23-29-13-3-1-4-14-29)27-30-15-7-8-18-34(30)38(35)28-32/h1-22,25-26,28,31H,23-24,27H2. The largest absolute Gasteiger partial charge is 0.293 e. The Hall–Kier alpha value is -5.19. The predicted molar refractivity (Wildman–Crippen MR) is 189 cm³/mol. The highest BCUT2D eigenvalue weighted by Crippen LogP contribution is 2.51. The lowest BCUT2D eigenvalue weighted by molar-refractivity contribution is 0.616. The summed E-state index contributed by atoms with van der Waals surface area (Å²) in [6, 6.07) is 52.9. The molecule has 0 saturated heterocycles. The predicted octanol–water partition coefficient (Wildman–Crippen LogP) is 10.8. The molecule has 2 atom stereocenters. The Morgan fingerprint density at radius 2 is 1.37 bits per heavy atom. The number of benzene rings is 6. The lowest BCUT2D eigenvalue weighted by atomic mass is 9.76. The molecule has 0 amide bonds. The van der Waals surface area contributed by atoms with Gasteiger partial charge >= 0.3 is 0 Å². The first-order chi connectivity index (χ1) is 22.7. The van der Waals surface area contributed by atoms with E-state index >= 15 is 4.21 Å². The van der Waals surface area contributed by atoms with Crippen molar-refractivity contribution in [1.29, 1.82) is 0 Å². The van der Waals surface area contributed by atoms with E-state index in [4.69, 9.17) is 4.36 Å². The first-order valence-corrected chi connectivity index (χ1v) is 17.5. The van der Waals surface area contributed by atoms with Crippen molar-refractivity contribution in [3.8, 4) is 27.9 Å². The van der Waals surface area contributed by atoms with E-state index < -0.39 is 9.73 Å². The second-order valence-electron chi connectivity index (χ2n) is 12.3. The molecule has 4 heteroatoms. The molecule has 0 spiro atoms. The molecule has 9 rings (SSSR count). The van der Waals surface area contributed by atoms with E-state index in [1.165, 1.54) is 27.8 Å². The first kappa shape index (κ1) is 27.1. The van der Waals surface area contributed by atoms with Crippen LogP contribution in [0.1, 0.15) is 29.0 Å². The molecule has 1 aliphatic heterocycles. The highest BCUT2D eigenvalue weighted by molar-refractivity contribution is 7.94. The average Bonchev–Trinajstić information content (AvgIpc) is 3.45. The molecule has 7 aromatic rings. The van der Waals surface area contributed by atoms with Crippen LogP contribution in [0.15, 0.2) is 166 Å². The number of aryl methyl sites for hydroxylation is 1. The third kappa shape index (κ3) is 4.21. The fourth-order valence-corrected chi connectivity index (χ4v) is 9.69. The van der Waals surface area contributed by atoms with Gasteiger partial charge in [0.05, 0.1) is 15.3 Å². The zero-order valence-electron chi connectivity index (χ0n) is 25.3.